The van der Waals surface area contributed by atoms with Crippen LogP contribution in [0.3, 0.4) is 0 Å². The third-order valence-corrected chi connectivity index (χ3v) is 9.03. The molecule has 4 rings (SSSR count). The number of aryl methyl sites for hydroxylation is 2. The number of ether oxygens (including phenoxy) is 1. The molecule has 38 heavy (non-hydrogen) atoms. The molecule has 9 nitrogen and oxygen atoms in total. The van der Waals surface area contributed by atoms with Crippen LogP contribution in [-0.2, 0) is 19.6 Å². The van der Waals surface area contributed by atoms with Gasteiger partial charge in [-0.2, -0.15) is 4.31 Å². The summed E-state index contributed by atoms with van der Waals surface area (Å²) in [6, 6.07) is 13.6. The SMILES string of the molecule is CCOC(=O)C1=C(CN2CCN(S(=O)(=O)c3ccc(C)cc3)CC2)N(CC)C(=O)N[C@H]1c1ccccc1C. The van der Waals surface area contributed by atoms with Gasteiger partial charge >= 0.3 is 12.0 Å². The number of esters is 1. The smallest absolute Gasteiger partial charge is 0.338 e. The Balaban J connectivity index is 1.62. The first-order valence-electron chi connectivity index (χ1n) is 13.0. The molecule has 0 bridgehead atoms. The molecule has 0 unspecified atom stereocenters. The van der Waals surface area contributed by atoms with Gasteiger partial charge in [0.2, 0.25) is 10.0 Å². The fourth-order valence-electron chi connectivity index (χ4n) is 5.00. The summed E-state index contributed by atoms with van der Waals surface area (Å²) in [4.78, 5) is 30.5. The zero-order valence-corrected chi connectivity index (χ0v) is 23.3. The third kappa shape index (κ3) is 5.62. The van der Waals surface area contributed by atoms with Gasteiger partial charge in [-0.1, -0.05) is 42.0 Å². The highest BCUT2D eigenvalue weighted by Crippen LogP contribution is 2.33. The van der Waals surface area contributed by atoms with Crippen LogP contribution in [0.1, 0.15) is 36.6 Å². The minimum absolute atomic E-state index is 0.214. The average molecular weight is 541 g/mol. The molecular weight excluding hydrogens is 504 g/mol. The molecule has 1 atom stereocenters. The van der Waals surface area contributed by atoms with Gasteiger partial charge in [0, 0.05) is 45.0 Å². The Morgan fingerprint density at radius 2 is 1.66 bits per heavy atom. The maximum Gasteiger partial charge on any atom is 0.338 e. The number of urea groups is 1. The molecule has 2 aliphatic rings. The Kier molecular flexibility index (Phi) is 8.54. The molecule has 204 valence electrons. The number of hydrogen-bond donors (Lipinski definition) is 1. The summed E-state index contributed by atoms with van der Waals surface area (Å²) < 4.78 is 33.3. The lowest BCUT2D eigenvalue weighted by Crippen LogP contribution is -2.53. The first-order chi connectivity index (χ1) is 18.2. The van der Waals surface area contributed by atoms with Crippen LogP contribution in [-0.4, -0.2) is 80.4 Å². The first-order valence-corrected chi connectivity index (χ1v) is 14.4. The quantitative estimate of drug-likeness (QED) is 0.517. The van der Waals surface area contributed by atoms with Crippen LogP contribution in [0.15, 0.2) is 64.7 Å². The summed E-state index contributed by atoms with van der Waals surface area (Å²) in [6.45, 7) is 9.99. The molecule has 1 N–H and O–H groups in total. The van der Waals surface area contributed by atoms with Gasteiger partial charge in [-0.25, -0.2) is 18.0 Å². The normalized spacial score (nSPS) is 19.4. The van der Waals surface area contributed by atoms with Crippen molar-refractivity contribution in [3.63, 3.8) is 0 Å². The molecular formula is C28H36N4O5S. The van der Waals surface area contributed by atoms with Gasteiger partial charge in [0.15, 0.2) is 0 Å². The second-order valence-corrected chi connectivity index (χ2v) is 11.5. The summed E-state index contributed by atoms with van der Waals surface area (Å²) in [5, 5.41) is 3.00. The van der Waals surface area contributed by atoms with Gasteiger partial charge in [0.25, 0.3) is 0 Å². The van der Waals surface area contributed by atoms with E-state index in [1.165, 1.54) is 4.31 Å². The Hall–Kier alpha value is -3.21. The highest BCUT2D eigenvalue weighted by molar-refractivity contribution is 7.89. The second kappa shape index (κ2) is 11.7. The molecule has 2 aromatic rings. The molecule has 2 amide bonds. The van der Waals surface area contributed by atoms with Gasteiger partial charge in [-0.3, -0.25) is 9.80 Å². The fraction of sp³-hybridized carbons (Fsp3) is 0.429. The number of piperazine rings is 1. The minimum Gasteiger partial charge on any atom is -0.463 e. The van der Waals surface area contributed by atoms with Crippen LogP contribution < -0.4 is 5.32 Å². The van der Waals surface area contributed by atoms with E-state index in [1.54, 1.807) is 36.1 Å². The van der Waals surface area contributed by atoms with E-state index >= 15 is 0 Å². The molecule has 0 aromatic heterocycles. The van der Waals surface area contributed by atoms with Crippen LogP contribution in [0, 0.1) is 13.8 Å². The van der Waals surface area contributed by atoms with Crippen molar-refractivity contribution in [3.05, 3.63) is 76.5 Å². The zero-order chi connectivity index (χ0) is 27.4. The van der Waals surface area contributed by atoms with Gasteiger partial charge in [-0.15, -0.1) is 0 Å². The average Bonchev–Trinajstić information content (AvgIpc) is 2.89. The summed E-state index contributed by atoms with van der Waals surface area (Å²) in [5.41, 5.74) is 3.81. The number of carbonyl (C=O) groups is 2. The topological polar surface area (TPSA) is 99.3 Å². The maximum atomic E-state index is 13.3. The number of nitrogens with one attached hydrogen (secondary N) is 1. The van der Waals surface area contributed by atoms with E-state index in [0.717, 1.165) is 16.7 Å². The number of rotatable bonds is 8. The largest absolute Gasteiger partial charge is 0.463 e. The number of likely N-dealkylation sites (N-methyl/N-ethyl adjacent to an activating group) is 1. The Morgan fingerprint density at radius 3 is 2.26 bits per heavy atom. The predicted octanol–water partition coefficient (Wildman–Crippen LogP) is 3.21. The monoisotopic (exact) mass is 540 g/mol. The Bertz CT molecular complexity index is 1320. The molecule has 1 fully saturated rings. The van der Waals surface area contributed by atoms with Crippen molar-refractivity contribution in [2.45, 2.75) is 38.6 Å². The predicted molar refractivity (Wildman–Crippen MR) is 145 cm³/mol. The number of hydrogen-bond acceptors (Lipinski definition) is 6. The molecule has 10 heteroatoms. The van der Waals surface area contributed by atoms with E-state index in [4.69, 9.17) is 4.74 Å². The molecule has 0 radical (unpaired) electrons. The molecule has 2 aliphatic heterocycles. The minimum atomic E-state index is -3.59. The molecule has 2 heterocycles. The van der Waals surface area contributed by atoms with E-state index in [-0.39, 0.29) is 17.5 Å². The van der Waals surface area contributed by atoms with Crippen molar-refractivity contribution in [1.82, 2.24) is 19.4 Å². The number of nitrogens with zero attached hydrogens (tertiary/aromatic N) is 3. The van der Waals surface area contributed by atoms with Crippen LogP contribution in [0.25, 0.3) is 0 Å². The van der Waals surface area contributed by atoms with Gasteiger partial charge < -0.3 is 10.1 Å². The lowest BCUT2D eigenvalue weighted by Gasteiger charge is -2.40. The summed E-state index contributed by atoms with van der Waals surface area (Å²) in [5.74, 6) is -0.463. The van der Waals surface area contributed by atoms with Gasteiger partial charge in [0.05, 0.1) is 23.1 Å². The number of sulfonamides is 1. The summed E-state index contributed by atoms with van der Waals surface area (Å²) >= 11 is 0. The highest BCUT2D eigenvalue weighted by atomic mass is 32.2. The lowest BCUT2D eigenvalue weighted by molar-refractivity contribution is -0.139. The van der Waals surface area contributed by atoms with Crippen LogP contribution in [0.2, 0.25) is 0 Å². The van der Waals surface area contributed by atoms with Gasteiger partial charge in [0.1, 0.15) is 0 Å². The first kappa shape index (κ1) is 27.8. The van der Waals surface area contributed by atoms with Crippen molar-refractivity contribution >= 4 is 22.0 Å². The van der Waals surface area contributed by atoms with E-state index in [1.807, 2.05) is 45.0 Å². The Morgan fingerprint density at radius 1 is 1.00 bits per heavy atom. The lowest BCUT2D eigenvalue weighted by atomic mass is 9.91. The second-order valence-electron chi connectivity index (χ2n) is 9.56. The number of carbonyl (C=O) groups excluding carboxylic acids is 2. The van der Waals surface area contributed by atoms with Crippen LogP contribution in [0.5, 0.6) is 0 Å². The molecule has 0 aliphatic carbocycles. The highest BCUT2D eigenvalue weighted by Gasteiger charge is 2.39. The fourth-order valence-corrected chi connectivity index (χ4v) is 6.42. The maximum absolute atomic E-state index is 13.3. The van der Waals surface area contributed by atoms with Crippen molar-refractivity contribution in [2.75, 3.05) is 45.9 Å². The van der Waals surface area contributed by atoms with Crippen molar-refractivity contribution in [1.29, 1.82) is 0 Å². The zero-order valence-electron chi connectivity index (χ0n) is 22.4. The Labute approximate surface area is 225 Å². The van der Waals surface area contributed by atoms with Crippen LogP contribution in [0.4, 0.5) is 4.79 Å². The standard InChI is InChI=1S/C28H36N4O5S/c1-5-32-24(19-30-15-17-31(18-16-30)38(35,36)22-13-11-20(3)12-14-22)25(27(33)37-6-2)26(29-28(32)34)23-10-8-7-9-21(23)4/h7-14,26H,5-6,15-19H2,1-4H3,(H,29,34)/t26-/m0/s1. The molecule has 1 saturated heterocycles. The number of amides is 2. The van der Waals surface area contributed by atoms with Gasteiger partial charge in [-0.05, 0) is 51.0 Å². The summed E-state index contributed by atoms with van der Waals surface area (Å²) in [7, 11) is -3.59. The van der Waals surface area contributed by atoms with Crippen molar-refractivity contribution in [3.8, 4) is 0 Å². The number of benzene rings is 2. The molecule has 0 saturated carbocycles. The third-order valence-electron chi connectivity index (χ3n) is 7.11. The van der Waals surface area contributed by atoms with Crippen molar-refractivity contribution < 1.29 is 22.7 Å². The molecule has 2 aromatic carbocycles. The molecule has 0 spiro atoms. The van der Waals surface area contributed by atoms with Crippen LogP contribution >= 0.6 is 0 Å². The van der Waals surface area contributed by atoms with E-state index < -0.39 is 22.0 Å². The van der Waals surface area contributed by atoms with E-state index in [9.17, 15) is 18.0 Å². The van der Waals surface area contributed by atoms with Crippen molar-refractivity contribution in [2.24, 2.45) is 0 Å². The van der Waals surface area contributed by atoms with E-state index in [0.29, 0.717) is 50.5 Å². The summed E-state index contributed by atoms with van der Waals surface area (Å²) in [6.07, 6.45) is 0. The van der Waals surface area contributed by atoms with E-state index in [2.05, 4.69) is 10.2 Å².